The molecule has 0 aliphatic carbocycles. The minimum atomic E-state index is -0.255. The Morgan fingerprint density at radius 3 is 2.78 bits per heavy atom. The zero-order valence-corrected chi connectivity index (χ0v) is 11.6. The summed E-state index contributed by atoms with van der Waals surface area (Å²) in [6.07, 6.45) is 2.73. The fourth-order valence-electron chi connectivity index (χ4n) is 1.54. The van der Waals surface area contributed by atoms with Crippen LogP contribution in [0.25, 0.3) is 0 Å². The number of ether oxygens (including phenoxy) is 1. The van der Waals surface area contributed by atoms with Crippen molar-refractivity contribution in [2.45, 2.75) is 33.1 Å². The molecular formula is C14H19ClN2O. The molecule has 0 atom stereocenters. The molecule has 0 saturated heterocycles. The second kappa shape index (κ2) is 6.51. The average molecular weight is 267 g/mol. The van der Waals surface area contributed by atoms with Crippen molar-refractivity contribution in [2.24, 2.45) is 5.41 Å². The zero-order valence-electron chi connectivity index (χ0n) is 10.9. The van der Waals surface area contributed by atoms with Gasteiger partial charge in [-0.1, -0.05) is 11.6 Å². The number of hydrogen-bond donors (Lipinski definition) is 1. The van der Waals surface area contributed by atoms with Gasteiger partial charge in [0.05, 0.1) is 23.8 Å². The topological polar surface area (TPSA) is 59.0 Å². The summed E-state index contributed by atoms with van der Waals surface area (Å²) in [4.78, 5) is 0. The Labute approximate surface area is 114 Å². The van der Waals surface area contributed by atoms with E-state index in [1.54, 1.807) is 18.2 Å². The molecule has 0 saturated carbocycles. The molecule has 0 spiro atoms. The molecule has 1 aromatic carbocycles. The molecule has 1 aromatic rings. The van der Waals surface area contributed by atoms with Gasteiger partial charge in [0.1, 0.15) is 5.75 Å². The van der Waals surface area contributed by atoms with E-state index in [0.717, 1.165) is 19.3 Å². The Morgan fingerprint density at radius 2 is 2.11 bits per heavy atom. The number of benzene rings is 1. The summed E-state index contributed by atoms with van der Waals surface area (Å²) >= 11 is 5.86. The molecule has 0 fully saturated rings. The van der Waals surface area contributed by atoms with Crippen LogP contribution >= 0.6 is 11.6 Å². The third kappa shape index (κ3) is 4.85. The Bertz CT molecular complexity index is 438. The summed E-state index contributed by atoms with van der Waals surface area (Å²) in [5.74, 6) is 0.627. The number of rotatable bonds is 6. The molecule has 4 heteroatoms. The molecule has 3 nitrogen and oxygen atoms in total. The van der Waals surface area contributed by atoms with E-state index in [-0.39, 0.29) is 5.41 Å². The fourth-order valence-corrected chi connectivity index (χ4v) is 1.70. The third-order valence-corrected chi connectivity index (χ3v) is 2.97. The molecule has 2 N–H and O–H groups in total. The van der Waals surface area contributed by atoms with Crippen molar-refractivity contribution in [1.82, 2.24) is 0 Å². The number of hydrogen-bond acceptors (Lipinski definition) is 3. The lowest BCUT2D eigenvalue weighted by Gasteiger charge is -2.14. The van der Waals surface area contributed by atoms with Crippen LogP contribution in [0.3, 0.4) is 0 Å². The Morgan fingerprint density at radius 1 is 1.39 bits per heavy atom. The monoisotopic (exact) mass is 266 g/mol. The van der Waals surface area contributed by atoms with Crippen molar-refractivity contribution in [3.8, 4) is 11.8 Å². The van der Waals surface area contributed by atoms with Crippen LogP contribution in [0.5, 0.6) is 5.75 Å². The zero-order chi connectivity index (χ0) is 13.6. The van der Waals surface area contributed by atoms with E-state index in [4.69, 9.17) is 27.3 Å². The van der Waals surface area contributed by atoms with Crippen LogP contribution < -0.4 is 10.5 Å². The predicted octanol–water partition coefficient (Wildman–Crippen LogP) is 4.02. The van der Waals surface area contributed by atoms with Gasteiger partial charge in [-0.15, -0.1) is 0 Å². The smallest absolute Gasteiger partial charge is 0.143 e. The van der Waals surface area contributed by atoms with Crippen LogP contribution in [0.1, 0.15) is 33.1 Å². The first-order valence-corrected chi connectivity index (χ1v) is 6.41. The minimum absolute atomic E-state index is 0.255. The maximum Gasteiger partial charge on any atom is 0.143 e. The van der Waals surface area contributed by atoms with Crippen molar-refractivity contribution in [3.63, 3.8) is 0 Å². The second-order valence-electron chi connectivity index (χ2n) is 4.98. The maximum atomic E-state index is 8.88. The van der Waals surface area contributed by atoms with Crippen LogP contribution in [-0.2, 0) is 0 Å². The van der Waals surface area contributed by atoms with E-state index in [0.29, 0.717) is 23.1 Å². The Hall–Kier alpha value is -1.40. The van der Waals surface area contributed by atoms with Gasteiger partial charge in [-0.05, 0) is 45.2 Å². The van der Waals surface area contributed by atoms with Crippen molar-refractivity contribution in [3.05, 3.63) is 23.2 Å². The first-order chi connectivity index (χ1) is 8.44. The highest BCUT2D eigenvalue weighted by Gasteiger charge is 2.15. The van der Waals surface area contributed by atoms with Gasteiger partial charge in [0.25, 0.3) is 0 Å². The maximum absolute atomic E-state index is 8.88. The van der Waals surface area contributed by atoms with Crippen molar-refractivity contribution >= 4 is 17.3 Å². The molecule has 0 aromatic heterocycles. The van der Waals surface area contributed by atoms with Crippen LogP contribution in [0.2, 0.25) is 5.02 Å². The van der Waals surface area contributed by atoms with E-state index in [2.05, 4.69) is 6.07 Å². The highest BCUT2D eigenvalue weighted by atomic mass is 35.5. The van der Waals surface area contributed by atoms with Gasteiger partial charge in [-0.25, -0.2) is 0 Å². The molecule has 0 unspecified atom stereocenters. The lowest BCUT2D eigenvalue weighted by atomic mass is 9.89. The molecule has 0 amide bonds. The number of nitrogen functional groups attached to an aromatic ring is 1. The summed E-state index contributed by atoms with van der Waals surface area (Å²) in [6, 6.07) is 7.47. The standard InChI is InChI=1S/C14H19ClN2O/c1-14(2,10-16)7-3-4-8-18-13-9-11(15)5-6-12(13)17/h5-6,9H,3-4,7-8,17H2,1-2H3. The largest absolute Gasteiger partial charge is 0.491 e. The van der Waals surface area contributed by atoms with Crippen LogP contribution in [-0.4, -0.2) is 6.61 Å². The highest BCUT2D eigenvalue weighted by Crippen LogP contribution is 2.26. The van der Waals surface area contributed by atoms with E-state index in [1.807, 2.05) is 13.8 Å². The van der Waals surface area contributed by atoms with Gasteiger partial charge in [-0.3, -0.25) is 0 Å². The van der Waals surface area contributed by atoms with Crippen LogP contribution in [0, 0.1) is 16.7 Å². The lowest BCUT2D eigenvalue weighted by Crippen LogP contribution is -2.08. The summed E-state index contributed by atoms with van der Waals surface area (Å²) < 4.78 is 5.57. The van der Waals surface area contributed by atoms with Gasteiger partial charge in [-0.2, -0.15) is 5.26 Å². The fraction of sp³-hybridized carbons (Fsp3) is 0.500. The summed E-state index contributed by atoms with van der Waals surface area (Å²) in [7, 11) is 0. The lowest BCUT2D eigenvalue weighted by molar-refractivity contribution is 0.296. The first-order valence-electron chi connectivity index (χ1n) is 6.04. The van der Waals surface area contributed by atoms with Gasteiger partial charge in [0.15, 0.2) is 0 Å². The summed E-state index contributed by atoms with van der Waals surface area (Å²) in [5.41, 5.74) is 6.11. The predicted molar refractivity (Wildman–Crippen MR) is 74.6 cm³/mol. The quantitative estimate of drug-likeness (QED) is 0.625. The van der Waals surface area contributed by atoms with Gasteiger partial charge in [0, 0.05) is 11.1 Å². The van der Waals surface area contributed by atoms with Gasteiger partial charge in [0.2, 0.25) is 0 Å². The van der Waals surface area contributed by atoms with Crippen molar-refractivity contribution in [1.29, 1.82) is 5.26 Å². The van der Waals surface area contributed by atoms with Gasteiger partial charge < -0.3 is 10.5 Å². The van der Waals surface area contributed by atoms with Crippen LogP contribution in [0.15, 0.2) is 18.2 Å². The third-order valence-electron chi connectivity index (χ3n) is 2.73. The second-order valence-corrected chi connectivity index (χ2v) is 5.42. The molecule has 18 heavy (non-hydrogen) atoms. The number of halogens is 1. The van der Waals surface area contributed by atoms with E-state index < -0.39 is 0 Å². The SMILES string of the molecule is CC(C)(C#N)CCCCOc1cc(Cl)ccc1N. The molecule has 0 heterocycles. The molecular weight excluding hydrogens is 248 g/mol. The summed E-state index contributed by atoms with van der Waals surface area (Å²) in [5, 5.41) is 9.50. The summed E-state index contributed by atoms with van der Waals surface area (Å²) in [6.45, 7) is 4.48. The van der Waals surface area contributed by atoms with E-state index in [9.17, 15) is 0 Å². The average Bonchev–Trinajstić information content (AvgIpc) is 2.33. The number of nitrogens with zero attached hydrogens (tertiary/aromatic N) is 1. The molecule has 0 aliphatic rings. The molecule has 0 bridgehead atoms. The molecule has 0 aliphatic heterocycles. The van der Waals surface area contributed by atoms with Crippen molar-refractivity contribution in [2.75, 3.05) is 12.3 Å². The van der Waals surface area contributed by atoms with E-state index >= 15 is 0 Å². The van der Waals surface area contributed by atoms with Gasteiger partial charge >= 0.3 is 0 Å². The number of nitriles is 1. The number of unbranched alkanes of at least 4 members (excludes halogenated alkanes) is 1. The molecule has 98 valence electrons. The van der Waals surface area contributed by atoms with Crippen molar-refractivity contribution < 1.29 is 4.74 Å². The van der Waals surface area contributed by atoms with E-state index in [1.165, 1.54) is 0 Å². The molecule has 1 rings (SSSR count). The normalized spacial score (nSPS) is 11.0. The number of anilines is 1. The van der Waals surface area contributed by atoms with Crippen LogP contribution in [0.4, 0.5) is 5.69 Å². The molecule has 0 radical (unpaired) electrons. The Balaban J connectivity index is 2.30. The minimum Gasteiger partial charge on any atom is -0.491 e. The Kier molecular flexibility index (Phi) is 5.30. The first kappa shape index (κ1) is 14.7. The highest BCUT2D eigenvalue weighted by molar-refractivity contribution is 6.30. The number of nitrogens with two attached hydrogens (primary N) is 1.